The Hall–Kier alpha value is -3.87. The summed E-state index contributed by atoms with van der Waals surface area (Å²) >= 11 is 6.08. The summed E-state index contributed by atoms with van der Waals surface area (Å²) in [6.07, 6.45) is -12.7. The van der Waals surface area contributed by atoms with Crippen molar-refractivity contribution in [3.8, 4) is 11.9 Å². The van der Waals surface area contributed by atoms with Crippen molar-refractivity contribution in [1.29, 1.82) is 10.7 Å². The van der Waals surface area contributed by atoms with Gasteiger partial charge in [-0.05, 0) is 30.5 Å². The highest BCUT2D eigenvalue weighted by Crippen LogP contribution is 2.44. The van der Waals surface area contributed by atoms with Crippen LogP contribution in [0.4, 0.5) is 40.9 Å². The number of carbonyl (C=O) groups excluding carboxylic acids is 1. The number of ether oxygens (including phenoxy) is 1. The van der Waals surface area contributed by atoms with Crippen molar-refractivity contribution in [2.24, 2.45) is 7.05 Å². The van der Waals surface area contributed by atoms with Gasteiger partial charge in [-0.2, -0.15) is 27.2 Å². The minimum Gasteiger partial charge on any atom is -0.410 e. The van der Waals surface area contributed by atoms with Gasteiger partial charge in [0.2, 0.25) is 0 Å². The Labute approximate surface area is 226 Å². The van der Waals surface area contributed by atoms with Gasteiger partial charge in [0.25, 0.3) is 23.9 Å². The number of rotatable bonds is 10. The minimum atomic E-state index is -5.44. The second-order valence-electron chi connectivity index (χ2n) is 8.86. The number of nitriles is 1. The molecule has 0 spiro atoms. The van der Waals surface area contributed by atoms with Crippen LogP contribution in [-0.2, 0) is 13.2 Å². The molecule has 0 saturated heterocycles. The number of aryl methyl sites for hydroxylation is 1. The Bertz CT molecular complexity index is 1390. The van der Waals surface area contributed by atoms with E-state index in [1.807, 2.05) is 6.07 Å². The molecule has 40 heavy (non-hydrogen) atoms. The molecule has 1 heterocycles. The molecule has 0 bridgehead atoms. The lowest BCUT2D eigenvalue weighted by Gasteiger charge is -2.24. The Kier molecular flexibility index (Phi) is 8.13. The Morgan fingerprint density at radius 1 is 1.27 bits per heavy atom. The molecule has 1 fully saturated rings. The molecule has 1 saturated carbocycles. The summed E-state index contributed by atoms with van der Waals surface area (Å²) in [7, 11) is 0.871. The van der Waals surface area contributed by atoms with Crippen molar-refractivity contribution in [3.05, 3.63) is 46.1 Å². The van der Waals surface area contributed by atoms with Gasteiger partial charge in [0.15, 0.2) is 5.56 Å². The molecule has 1 aromatic carbocycles. The SMILES string of the molecule is Cn1nc(OC(F)(F)C(F)C(C)(F)F)c(C(F)(F)F)c1N/C=C(\C=N)c1ccc(Cl)c(C(=O)NC2(C#N)CC2)c1. The number of anilines is 1. The molecule has 1 amide bonds. The monoisotopic (exact) mass is 598 g/mol. The third-order valence-corrected chi connectivity index (χ3v) is 5.98. The molecule has 3 rings (SSSR count). The second kappa shape index (κ2) is 10.6. The molecule has 3 N–H and O–H groups in total. The third-order valence-electron chi connectivity index (χ3n) is 5.65. The normalized spacial score (nSPS) is 16.1. The van der Waals surface area contributed by atoms with Crippen molar-refractivity contribution in [1.82, 2.24) is 15.1 Å². The fraction of sp³-hybridized carbons (Fsp3) is 0.391. The summed E-state index contributed by atoms with van der Waals surface area (Å²) < 4.78 is 113. The maximum Gasteiger partial charge on any atom is 0.437 e. The van der Waals surface area contributed by atoms with Gasteiger partial charge in [0, 0.05) is 32.0 Å². The second-order valence-corrected chi connectivity index (χ2v) is 9.27. The lowest BCUT2D eigenvalue weighted by molar-refractivity contribution is -0.269. The van der Waals surface area contributed by atoms with E-state index in [1.165, 1.54) is 18.2 Å². The van der Waals surface area contributed by atoms with E-state index in [2.05, 4.69) is 20.5 Å². The first kappa shape index (κ1) is 30.7. The van der Waals surface area contributed by atoms with Crippen LogP contribution in [0.3, 0.4) is 0 Å². The van der Waals surface area contributed by atoms with Crippen molar-refractivity contribution in [3.63, 3.8) is 0 Å². The lowest BCUT2D eigenvalue weighted by Crippen LogP contribution is -2.46. The number of hydrogen-bond donors (Lipinski definition) is 3. The molecule has 2 aromatic rings. The van der Waals surface area contributed by atoms with Crippen LogP contribution in [-0.4, -0.2) is 45.6 Å². The quantitative estimate of drug-likeness (QED) is 0.231. The van der Waals surface area contributed by atoms with Crippen LogP contribution in [0.1, 0.15) is 41.3 Å². The number of aromatic nitrogens is 2. The molecule has 216 valence electrons. The van der Waals surface area contributed by atoms with Gasteiger partial charge in [-0.25, -0.2) is 17.9 Å². The molecule has 1 aromatic heterocycles. The van der Waals surface area contributed by atoms with Gasteiger partial charge in [-0.15, -0.1) is 5.10 Å². The van der Waals surface area contributed by atoms with Gasteiger partial charge in [0.05, 0.1) is 16.7 Å². The summed E-state index contributed by atoms with van der Waals surface area (Å²) in [6.45, 7) is -0.200. The summed E-state index contributed by atoms with van der Waals surface area (Å²) in [6, 6.07) is 5.76. The standard InChI is InChI=1S/C23H19ClF8N6O2/c1-20(26,27)19(25)23(31,32)40-18-15(22(28,29)30)16(38(2)37-18)35-9-12(8-33)11-3-4-14(24)13(7-11)17(39)36-21(10-34)5-6-21/h3-4,7-9,19,33,35H,5-6H2,1-2H3,(H,36,39)/b12-9+,33-8?. The van der Waals surface area contributed by atoms with Crippen LogP contribution in [0.2, 0.25) is 5.02 Å². The molecule has 17 heteroatoms. The van der Waals surface area contributed by atoms with E-state index >= 15 is 0 Å². The minimum absolute atomic E-state index is 0.0233. The largest absolute Gasteiger partial charge is 0.437 e. The predicted molar refractivity (Wildman–Crippen MR) is 126 cm³/mol. The average molecular weight is 599 g/mol. The zero-order chi connectivity index (χ0) is 30.3. The van der Waals surface area contributed by atoms with Crippen LogP contribution in [0, 0.1) is 16.7 Å². The first-order valence-corrected chi connectivity index (χ1v) is 11.5. The third kappa shape index (κ3) is 6.46. The molecule has 8 nitrogen and oxygen atoms in total. The van der Waals surface area contributed by atoms with Gasteiger partial charge in [-0.3, -0.25) is 4.79 Å². The molecule has 1 aliphatic rings. The van der Waals surface area contributed by atoms with E-state index in [0.717, 1.165) is 13.2 Å². The first-order valence-electron chi connectivity index (χ1n) is 11.1. The number of alkyl halides is 8. The van der Waals surface area contributed by atoms with Crippen molar-refractivity contribution in [2.75, 3.05) is 5.32 Å². The molecular formula is C23H19ClF8N6O2. The summed E-state index contributed by atoms with van der Waals surface area (Å²) in [4.78, 5) is 12.6. The van der Waals surface area contributed by atoms with Gasteiger partial charge in [-0.1, -0.05) is 17.7 Å². The first-order chi connectivity index (χ1) is 18.3. The zero-order valence-electron chi connectivity index (χ0n) is 20.4. The number of nitrogens with one attached hydrogen (secondary N) is 3. The van der Waals surface area contributed by atoms with Crippen molar-refractivity contribution >= 4 is 35.1 Å². The zero-order valence-corrected chi connectivity index (χ0v) is 21.2. The van der Waals surface area contributed by atoms with E-state index < -0.39 is 53.1 Å². The molecule has 0 radical (unpaired) electrons. The summed E-state index contributed by atoms with van der Waals surface area (Å²) in [5, 5.41) is 24.6. The van der Waals surface area contributed by atoms with Gasteiger partial charge in [0.1, 0.15) is 11.4 Å². The Balaban J connectivity index is 1.96. The smallest absolute Gasteiger partial charge is 0.410 e. The number of hydrogen-bond acceptors (Lipinski definition) is 6. The molecule has 1 aliphatic carbocycles. The number of allylic oxidation sites excluding steroid dienone is 1. The molecule has 1 atom stereocenters. The van der Waals surface area contributed by atoms with E-state index in [1.54, 1.807) is 0 Å². The highest BCUT2D eigenvalue weighted by molar-refractivity contribution is 6.34. The summed E-state index contributed by atoms with van der Waals surface area (Å²) in [5.41, 5.74) is -3.13. The lowest BCUT2D eigenvalue weighted by atomic mass is 10.0. The predicted octanol–water partition coefficient (Wildman–Crippen LogP) is 5.95. The van der Waals surface area contributed by atoms with Crippen LogP contribution in [0.5, 0.6) is 5.88 Å². The molecule has 0 aliphatic heterocycles. The van der Waals surface area contributed by atoms with Gasteiger partial charge >= 0.3 is 12.3 Å². The summed E-state index contributed by atoms with van der Waals surface area (Å²) in [5.74, 6) is -8.26. The van der Waals surface area contributed by atoms with E-state index in [-0.39, 0.29) is 28.6 Å². The van der Waals surface area contributed by atoms with Crippen LogP contribution in [0.15, 0.2) is 24.4 Å². The number of amides is 1. The fourth-order valence-corrected chi connectivity index (χ4v) is 3.58. The number of benzene rings is 1. The highest BCUT2D eigenvalue weighted by Gasteiger charge is 2.57. The number of nitrogens with zero attached hydrogens (tertiary/aromatic N) is 3. The number of carbonyl (C=O) groups is 1. The fourth-order valence-electron chi connectivity index (χ4n) is 3.38. The molecular weight excluding hydrogens is 580 g/mol. The van der Waals surface area contributed by atoms with Crippen LogP contribution >= 0.6 is 11.6 Å². The maximum atomic E-state index is 13.9. The van der Waals surface area contributed by atoms with Gasteiger partial charge < -0.3 is 20.8 Å². The van der Waals surface area contributed by atoms with Crippen molar-refractivity contribution in [2.45, 2.75) is 49.7 Å². The highest BCUT2D eigenvalue weighted by atomic mass is 35.5. The topological polar surface area (TPSA) is 116 Å². The van der Waals surface area contributed by atoms with E-state index in [9.17, 15) is 45.2 Å². The van der Waals surface area contributed by atoms with Crippen LogP contribution in [0.25, 0.3) is 5.57 Å². The average Bonchev–Trinajstić information content (AvgIpc) is 3.54. The van der Waals surface area contributed by atoms with Crippen LogP contribution < -0.4 is 15.4 Å². The Morgan fingerprint density at radius 2 is 1.90 bits per heavy atom. The number of halogens is 9. The van der Waals surface area contributed by atoms with E-state index in [0.29, 0.717) is 23.7 Å². The van der Waals surface area contributed by atoms with E-state index in [4.69, 9.17) is 17.0 Å². The van der Waals surface area contributed by atoms with Crippen molar-refractivity contribution < 1.29 is 44.7 Å². The Morgan fingerprint density at radius 3 is 2.40 bits per heavy atom. The molecule has 1 unspecified atom stereocenters. The maximum absolute atomic E-state index is 13.9.